The highest BCUT2D eigenvalue weighted by atomic mass is 31.2. The third-order valence-corrected chi connectivity index (χ3v) is 7.94. The van der Waals surface area contributed by atoms with Gasteiger partial charge in [0, 0.05) is 25.3 Å². The summed E-state index contributed by atoms with van der Waals surface area (Å²) >= 11 is 0. The van der Waals surface area contributed by atoms with Gasteiger partial charge in [-0.05, 0) is 75.6 Å². The Morgan fingerprint density at radius 2 is 1.74 bits per heavy atom. The highest BCUT2D eigenvalue weighted by molar-refractivity contribution is 7.65. The van der Waals surface area contributed by atoms with Crippen molar-refractivity contribution in [2.75, 3.05) is 19.0 Å². The predicted octanol–water partition coefficient (Wildman–Crippen LogP) is 5.44. The lowest BCUT2D eigenvalue weighted by Crippen LogP contribution is -2.41. The van der Waals surface area contributed by atoms with Gasteiger partial charge in [0.2, 0.25) is 0 Å². The summed E-state index contributed by atoms with van der Waals surface area (Å²) in [6.45, 7) is 12.9. The first-order valence-electron chi connectivity index (χ1n) is 10.3. The molecule has 0 spiro atoms. The molecule has 0 heterocycles. The van der Waals surface area contributed by atoms with E-state index >= 15 is 0 Å². The molecule has 2 rings (SSSR count). The topological polar surface area (TPSA) is 41.6 Å². The lowest BCUT2D eigenvalue weighted by atomic mass is 9.75. The molecule has 1 aromatic rings. The van der Waals surface area contributed by atoms with E-state index in [2.05, 4.69) is 25.9 Å². The van der Waals surface area contributed by atoms with Crippen molar-refractivity contribution in [2.24, 2.45) is 17.8 Å². The first kappa shape index (κ1) is 22.5. The zero-order valence-electron chi connectivity index (χ0n) is 18.5. The molecule has 1 aromatic carbocycles. The van der Waals surface area contributed by atoms with E-state index in [4.69, 9.17) is 4.52 Å². The third-order valence-electron chi connectivity index (χ3n) is 5.43. The molecule has 4 atom stereocenters. The number of nitrogens with one attached hydrogen (secondary N) is 1. The van der Waals surface area contributed by atoms with Gasteiger partial charge in [-0.1, -0.05) is 27.2 Å². The minimum atomic E-state index is -3.18. The van der Waals surface area contributed by atoms with Gasteiger partial charge >= 0.3 is 0 Å². The summed E-state index contributed by atoms with van der Waals surface area (Å²) < 4.78 is 20.6. The van der Waals surface area contributed by atoms with E-state index in [1.165, 1.54) is 6.42 Å². The molecular weight excluding hydrogens is 355 g/mol. The summed E-state index contributed by atoms with van der Waals surface area (Å²) in [7, 11) is 0.834. The van der Waals surface area contributed by atoms with Gasteiger partial charge in [0.15, 0.2) is 0 Å². The van der Waals surface area contributed by atoms with Crippen molar-refractivity contribution in [3.63, 3.8) is 0 Å². The van der Waals surface area contributed by atoms with Crippen molar-refractivity contribution < 1.29 is 9.09 Å². The third kappa shape index (κ3) is 6.07. The van der Waals surface area contributed by atoms with Crippen LogP contribution in [0.5, 0.6) is 0 Å². The van der Waals surface area contributed by atoms with Crippen LogP contribution in [-0.4, -0.2) is 25.7 Å². The number of benzene rings is 1. The highest BCUT2D eigenvalue weighted by Gasteiger charge is 2.39. The summed E-state index contributed by atoms with van der Waals surface area (Å²) in [4.78, 5) is 2.05. The number of hydrogen-bond acceptors (Lipinski definition) is 3. The second-order valence-electron chi connectivity index (χ2n) is 9.79. The highest BCUT2D eigenvalue weighted by Crippen LogP contribution is 2.49. The largest absolute Gasteiger partial charge is 0.378 e. The van der Waals surface area contributed by atoms with Gasteiger partial charge in [-0.15, -0.1) is 0 Å². The Bertz CT molecular complexity index is 649. The lowest BCUT2D eigenvalue weighted by Gasteiger charge is -2.40. The van der Waals surface area contributed by atoms with Crippen LogP contribution < -0.4 is 15.3 Å². The Kier molecular flexibility index (Phi) is 7.22. The van der Waals surface area contributed by atoms with E-state index in [-0.39, 0.29) is 11.6 Å². The second-order valence-corrected chi connectivity index (χ2v) is 11.8. The molecule has 1 fully saturated rings. The molecule has 0 bridgehead atoms. The fraction of sp³-hybridized carbons (Fsp3) is 0.727. The molecule has 1 aliphatic carbocycles. The van der Waals surface area contributed by atoms with Crippen molar-refractivity contribution in [3.05, 3.63) is 24.3 Å². The summed E-state index contributed by atoms with van der Waals surface area (Å²) in [5, 5.41) is 4.09. The Hall–Kier alpha value is -0.830. The maximum Gasteiger partial charge on any atom is 0.300 e. The quantitative estimate of drug-likeness (QED) is 0.653. The molecule has 1 N–H and O–H groups in total. The first-order chi connectivity index (χ1) is 12.4. The Morgan fingerprint density at radius 1 is 1.15 bits per heavy atom. The van der Waals surface area contributed by atoms with E-state index in [9.17, 15) is 4.57 Å². The summed E-state index contributed by atoms with van der Waals surface area (Å²) in [6.07, 6.45) is 3.40. The molecule has 0 aromatic heterocycles. The molecule has 5 heteroatoms. The van der Waals surface area contributed by atoms with Crippen LogP contribution in [0.25, 0.3) is 0 Å². The molecule has 27 heavy (non-hydrogen) atoms. The molecular formula is C22H39N2O2P. The van der Waals surface area contributed by atoms with Crippen LogP contribution in [0.15, 0.2) is 24.3 Å². The van der Waals surface area contributed by atoms with Crippen LogP contribution in [-0.2, 0) is 9.09 Å². The molecule has 154 valence electrons. The number of anilines is 1. The van der Waals surface area contributed by atoms with Gasteiger partial charge in [0.05, 0.1) is 11.4 Å². The average molecular weight is 395 g/mol. The Labute approximate surface area is 166 Å². The fourth-order valence-electron chi connectivity index (χ4n) is 3.97. The van der Waals surface area contributed by atoms with Gasteiger partial charge in [0.25, 0.3) is 7.52 Å². The van der Waals surface area contributed by atoms with E-state index < -0.39 is 7.52 Å². The molecule has 4 nitrogen and oxygen atoms in total. The Balaban J connectivity index is 2.36. The van der Waals surface area contributed by atoms with Crippen molar-refractivity contribution in [1.82, 2.24) is 5.09 Å². The summed E-state index contributed by atoms with van der Waals surface area (Å²) in [6, 6.07) is 7.93. The average Bonchev–Trinajstić information content (AvgIpc) is 2.52. The lowest BCUT2D eigenvalue weighted by molar-refractivity contribution is 0.0474. The number of rotatable bonds is 6. The summed E-state index contributed by atoms with van der Waals surface area (Å²) in [5.41, 5.74) is 0.788. The second kappa shape index (κ2) is 8.68. The molecule has 0 aliphatic heterocycles. The maximum absolute atomic E-state index is 14.1. The standard InChI is InChI=1S/C22H39N2O2P/c1-16(2)20-14-9-17(3)15-21(20)26-27(25,23-22(4,5)6)19-12-10-18(11-13-19)24(7)8/h10-13,16-17,20-21H,9,14-15H2,1-8H3,(H,23,25)/t17-,20+,21+,27-/m0/s1. The van der Waals surface area contributed by atoms with E-state index in [1.54, 1.807) is 0 Å². The maximum atomic E-state index is 14.1. The molecule has 1 saturated carbocycles. The zero-order chi connectivity index (χ0) is 20.4. The first-order valence-corrected chi connectivity index (χ1v) is 11.9. The van der Waals surface area contributed by atoms with Crippen LogP contribution in [0.4, 0.5) is 5.69 Å². The van der Waals surface area contributed by atoms with Crippen LogP contribution in [0, 0.1) is 17.8 Å². The van der Waals surface area contributed by atoms with Gasteiger partial charge in [0.1, 0.15) is 0 Å². The van der Waals surface area contributed by atoms with Crippen LogP contribution in [0.2, 0.25) is 0 Å². The van der Waals surface area contributed by atoms with Gasteiger partial charge < -0.3 is 9.42 Å². The number of hydrogen-bond donors (Lipinski definition) is 1. The van der Waals surface area contributed by atoms with Crippen molar-refractivity contribution in [1.29, 1.82) is 0 Å². The van der Waals surface area contributed by atoms with Gasteiger partial charge in [-0.2, -0.15) is 0 Å². The van der Waals surface area contributed by atoms with Gasteiger partial charge in [-0.25, -0.2) is 5.09 Å². The van der Waals surface area contributed by atoms with Gasteiger partial charge in [-0.3, -0.25) is 4.57 Å². The molecule has 0 radical (unpaired) electrons. The predicted molar refractivity (Wildman–Crippen MR) is 117 cm³/mol. The molecule has 0 unspecified atom stereocenters. The minimum Gasteiger partial charge on any atom is -0.378 e. The fourth-order valence-corrected chi connectivity index (χ4v) is 6.32. The minimum absolute atomic E-state index is 0.0305. The van der Waals surface area contributed by atoms with E-state index in [0.29, 0.717) is 17.8 Å². The van der Waals surface area contributed by atoms with E-state index in [1.807, 2.05) is 64.0 Å². The monoisotopic (exact) mass is 394 g/mol. The Morgan fingerprint density at radius 3 is 2.22 bits per heavy atom. The van der Waals surface area contributed by atoms with Crippen molar-refractivity contribution in [2.45, 2.75) is 72.4 Å². The molecule has 0 amide bonds. The smallest absolute Gasteiger partial charge is 0.300 e. The molecule has 1 aliphatic rings. The van der Waals surface area contributed by atoms with Crippen molar-refractivity contribution >= 4 is 18.5 Å². The van der Waals surface area contributed by atoms with Crippen LogP contribution >= 0.6 is 7.52 Å². The SMILES string of the molecule is CC(C)[C@H]1CC[C@H](C)C[C@H]1O[P@](=O)(NC(C)(C)C)c1ccc(N(C)C)cc1. The molecule has 0 saturated heterocycles. The van der Waals surface area contributed by atoms with Crippen molar-refractivity contribution in [3.8, 4) is 0 Å². The summed E-state index contributed by atoms with van der Waals surface area (Å²) in [5.74, 6) is 1.60. The van der Waals surface area contributed by atoms with Crippen LogP contribution in [0.1, 0.15) is 60.8 Å². The number of nitrogens with zero attached hydrogens (tertiary/aromatic N) is 1. The van der Waals surface area contributed by atoms with Crippen LogP contribution in [0.3, 0.4) is 0 Å². The normalized spacial score (nSPS) is 26.0. The van der Waals surface area contributed by atoms with E-state index in [0.717, 1.165) is 23.8 Å². The zero-order valence-corrected chi connectivity index (χ0v) is 19.3.